The van der Waals surface area contributed by atoms with Gasteiger partial charge in [-0.3, -0.25) is 9.55 Å². The zero-order valence-electron chi connectivity index (χ0n) is 14.0. The molecule has 6 heteroatoms. The van der Waals surface area contributed by atoms with Gasteiger partial charge in [0, 0.05) is 29.2 Å². The molecular weight excluding hydrogens is 335 g/mol. The normalized spacial score (nSPS) is 15.3. The smallest absolute Gasteiger partial charge is 0.192 e. The average molecular weight is 354 g/mol. The molecule has 4 nitrogen and oxygen atoms in total. The van der Waals surface area contributed by atoms with Gasteiger partial charge < -0.3 is 0 Å². The molecular formula is C19H19FN4S. The quantitative estimate of drug-likeness (QED) is 0.581. The first-order chi connectivity index (χ1) is 12.3. The summed E-state index contributed by atoms with van der Waals surface area (Å²) in [4.78, 5) is 4.20. The summed E-state index contributed by atoms with van der Waals surface area (Å²) in [6, 6.07) is 11.2. The molecule has 0 bridgehead atoms. The topological polar surface area (TPSA) is 43.6 Å². The highest BCUT2D eigenvalue weighted by Crippen LogP contribution is 2.44. The Labute approximate surface area is 150 Å². The van der Waals surface area contributed by atoms with Gasteiger partial charge in [0.05, 0.1) is 0 Å². The maximum Gasteiger partial charge on any atom is 0.192 e. The van der Waals surface area contributed by atoms with Crippen molar-refractivity contribution in [3.63, 3.8) is 0 Å². The van der Waals surface area contributed by atoms with E-state index in [1.54, 1.807) is 18.0 Å². The third-order valence-electron chi connectivity index (χ3n) is 4.36. The molecule has 2 heterocycles. The van der Waals surface area contributed by atoms with Gasteiger partial charge in [-0.25, -0.2) is 4.39 Å². The zero-order valence-corrected chi connectivity index (χ0v) is 14.8. The molecule has 0 saturated heterocycles. The predicted octanol–water partition coefficient (Wildman–Crippen LogP) is 5.06. The van der Waals surface area contributed by atoms with Crippen LogP contribution in [0.1, 0.15) is 43.0 Å². The maximum absolute atomic E-state index is 13.2. The van der Waals surface area contributed by atoms with Gasteiger partial charge >= 0.3 is 0 Å². The number of benzene rings is 1. The van der Waals surface area contributed by atoms with Crippen LogP contribution in [0.5, 0.6) is 0 Å². The lowest BCUT2D eigenvalue weighted by molar-refractivity contribution is 0.626. The standard InChI is InChI=1S/C19H19FN4S/c1-2-17(13-5-7-15(20)8-6-13)25-19-23-22-18(24(19)16-9-10-16)14-4-3-11-21-12-14/h3-8,11-12,16-17H,2,9-10H2,1H3. The predicted molar refractivity (Wildman–Crippen MR) is 96.8 cm³/mol. The number of rotatable bonds is 6. The van der Waals surface area contributed by atoms with Gasteiger partial charge in [-0.15, -0.1) is 10.2 Å². The number of nitrogens with zero attached hydrogens (tertiary/aromatic N) is 4. The Morgan fingerprint density at radius 3 is 2.64 bits per heavy atom. The fourth-order valence-corrected chi connectivity index (χ4v) is 4.05. The molecule has 1 aliphatic rings. The first-order valence-corrected chi connectivity index (χ1v) is 9.41. The summed E-state index contributed by atoms with van der Waals surface area (Å²) in [5, 5.41) is 10.0. The minimum absolute atomic E-state index is 0.205. The fourth-order valence-electron chi connectivity index (χ4n) is 2.90. The number of hydrogen-bond donors (Lipinski definition) is 0. The first-order valence-electron chi connectivity index (χ1n) is 8.53. The van der Waals surface area contributed by atoms with E-state index in [0.29, 0.717) is 6.04 Å². The van der Waals surface area contributed by atoms with E-state index < -0.39 is 0 Å². The molecule has 2 aromatic heterocycles. The lowest BCUT2D eigenvalue weighted by Crippen LogP contribution is -2.02. The third-order valence-corrected chi connectivity index (χ3v) is 5.74. The molecule has 0 aliphatic heterocycles. The molecule has 0 N–H and O–H groups in total. The summed E-state index contributed by atoms with van der Waals surface area (Å²) < 4.78 is 15.5. The molecule has 1 aromatic carbocycles. The van der Waals surface area contributed by atoms with Crippen LogP contribution < -0.4 is 0 Å². The second-order valence-corrected chi connectivity index (χ2v) is 7.39. The highest BCUT2D eigenvalue weighted by Gasteiger charge is 2.31. The van der Waals surface area contributed by atoms with Crippen molar-refractivity contribution in [2.24, 2.45) is 0 Å². The monoisotopic (exact) mass is 354 g/mol. The molecule has 1 unspecified atom stereocenters. The molecule has 1 aliphatic carbocycles. The minimum atomic E-state index is -0.205. The fraction of sp³-hybridized carbons (Fsp3) is 0.316. The van der Waals surface area contributed by atoms with Gasteiger partial charge in [0.15, 0.2) is 11.0 Å². The Morgan fingerprint density at radius 1 is 1.20 bits per heavy atom. The number of thioether (sulfide) groups is 1. The molecule has 128 valence electrons. The van der Waals surface area contributed by atoms with Gasteiger partial charge in [-0.1, -0.05) is 30.8 Å². The van der Waals surface area contributed by atoms with Gasteiger partial charge in [0.25, 0.3) is 0 Å². The summed E-state index contributed by atoms with van der Waals surface area (Å²) in [6.07, 6.45) is 6.85. The van der Waals surface area contributed by atoms with Crippen molar-refractivity contribution in [2.75, 3.05) is 0 Å². The number of halogens is 1. The summed E-state index contributed by atoms with van der Waals surface area (Å²) in [5.74, 6) is 0.677. The van der Waals surface area contributed by atoms with E-state index in [0.717, 1.165) is 41.4 Å². The molecule has 3 aromatic rings. The summed E-state index contributed by atoms with van der Waals surface area (Å²) in [6.45, 7) is 2.14. The van der Waals surface area contributed by atoms with Crippen LogP contribution in [-0.4, -0.2) is 19.7 Å². The van der Waals surface area contributed by atoms with Gasteiger partial charge in [-0.05, 0) is 49.1 Å². The second-order valence-electron chi connectivity index (χ2n) is 6.22. The van der Waals surface area contributed by atoms with E-state index in [1.165, 1.54) is 12.1 Å². The number of pyridine rings is 1. The Kier molecular flexibility index (Phi) is 4.53. The lowest BCUT2D eigenvalue weighted by atomic mass is 10.1. The highest BCUT2D eigenvalue weighted by atomic mass is 32.2. The molecule has 0 radical (unpaired) electrons. The zero-order chi connectivity index (χ0) is 17.2. The van der Waals surface area contributed by atoms with Crippen LogP contribution in [0.15, 0.2) is 53.9 Å². The van der Waals surface area contributed by atoms with Gasteiger partial charge in [-0.2, -0.15) is 0 Å². The van der Waals surface area contributed by atoms with E-state index in [4.69, 9.17) is 0 Å². The van der Waals surface area contributed by atoms with Crippen molar-refractivity contribution in [2.45, 2.75) is 42.6 Å². The lowest BCUT2D eigenvalue weighted by Gasteiger charge is -2.16. The molecule has 0 amide bonds. The van der Waals surface area contributed by atoms with Crippen molar-refractivity contribution in [1.29, 1.82) is 0 Å². The van der Waals surface area contributed by atoms with Crippen LogP contribution in [-0.2, 0) is 0 Å². The van der Waals surface area contributed by atoms with E-state index in [1.807, 2.05) is 30.5 Å². The molecule has 1 fully saturated rings. The van der Waals surface area contributed by atoms with E-state index in [2.05, 4.69) is 26.7 Å². The van der Waals surface area contributed by atoms with Crippen LogP contribution in [0.4, 0.5) is 4.39 Å². The molecule has 25 heavy (non-hydrogen) atoms. The number of hydrogen-bond acceptors (Lipinski definition) is 4. The van der Waals surface area contributed by atoms with Gasteiger partial charge in [0.2, 0.25) is 0 Å². The van der Waals surface area contributed by atoms with Crippen LogP contribution in [0.25, 0.3) is 11.4 Å². The first kappa shape index (κ1) is 16.3. The molecule has 0 spiro atoms. The van der Waals surface area contributed by atoms with Crippen molar-refractivity contribution in [3.05, 3.63) is 60.2 Å². The van der Waals surface area contributed by atoms with Crippen LogP contribution >= 0.6 is 11.8 Å². The summed E-state index contributed by atoms with van der Waals surface area (Å²) in [7, 11) is 0. The van der Waals surface area contributed by atoms with E-state index >= 15 is 0 Å². The van der Waals surface area contributed by atoms with Crippen molar-refractivity contribution in [3.8, 4) is 11.4 Å². The van der Waals surface area contributed by atoms with Crippen LogP contribution in [0.2, 0.25) is 0 Å². The largest absolute Gasteiger partial charge is 0.299 e. The van der Waals surface area contributed by atoms with Crippen LogP contribution in [0, 0.1) is 5.82 Å². The molecule has 1 saturated carbocycles. The maximum atomic E-state index is 13.2. The minimum Gasteiger partial charge on any atom is -0.299 e. The molecule has 4 rings (SSSR count). The summed E-state index contributed by atoms with van der Waals surface area (Å²) >= 11 is 1.70. The Hall–Kier alpha value is -2.21. The van der Waals surface area contributed by atoms with E-state index in [9.17, 15) is 4.39 Å². The molecule has 1 atom stereocenters. The van der Waals surface area contributed by atoms with Crippen molar-refractivity contribution in [1.82, 2.24) is 19.7 Å². The SMILES string of the molecule is CCC(Sc1nnc(-c2cccnc2)n1C1CC1)c1ccc(F)cc1. The Bertz CT molecular complexity index is 844. The van der Waals surface area contributed by atoms with E-state index in [-0.39, 0.29) is 11.1 Å². The Balaban J connectivity index is 1.66. The average Bonchev–Trinajstić information content (AvgIpc) is 3.41. The van der Waals surface area contributed by atoms with Crippen molar-refractivity contribution < 1.29 is 4.39 Å². The van der Waals surface area contributed by atoms with Gasteiger partial charge in [0.1, 0.15) is 5.82 Å². The summed E-state index contributed by atoms with van der Waals surface area (Å²) in [5.41, 5.74) is 2.10. The second kappa shape index (κ2) is 6.96. The third kappa shape index (κ3) is 3.44. The van der Waals surface area contributed by atoms with Crippen molar-refractivity contribution >= 4 is 11.8 Å². The number of aromatic nitrogens is 4. The highest BCUT2D eigenvalue weighted by molar-refractivity contribution is 7.99. The van der Waals surface area contributed by atoms with Crippen LogP contribution in [0.3, 0.4) is 0 Å². The Morgan fingerprint density at radius 2 is 2.00 bits per heavy atom.